The van der Waals surface area contributed by atoms with E-state index in [0.717, 1.165) is 58.4 Å². The molecule has 1 atom stereocenters. The number of nitrogens with one attached hydrogen (secondary N) is 1. The predicted octanol–water partition coefficient (Wildman–Crippen LogP) is 2.54. The Kier molecular flexibility index (Phi) is 8.01. The molecule has 1 aromatic rings. The van der Waals surface area contributed by atoms with Gasteiger partial charge in [-0.2, -0.15) is 0 Å². The number of rotatable bonds is 5. The number of hydrogen-bond acceptors (Lipinski definition) is 4. The third-order valence-corrected chi connectivity index (χ3v) is 6.82. The molecule has 3 saturated heterocycles. The zero-order valence-electron chi connectivity index (χ0n) is 18.7. The summed E-state index contributed by atoms with van der Waals surface area (Å²) in [5, 5.41) is 3.58. The highest BCUT2D eigenvalue weighted by Gasteiger charge is 2.30. The second kappa shape index (κ2) is 11.1. The van der Waals surface area contributed by atoms with Gasteiger partial charge in [-0.05, 0) is 43.5 Å². The summed E-state index contributed by atoms with van der Waals surface area (Å²) in [6.07, 6.45) is 6.71. The summed E-state index contributed by atoms with van der Waals surface area (Å²) in [7, 11) is 1.90. The minimum Gasteiger partial charge on any atom is -0.379 e. The lowest BCUT2D eigenvalue weighted by molar-refractivity contribution is 0.0195. The number of morpholine rings is 1. The summed E-state index contributed by atoms with van der Waals surface area (Å²) >= 11 is 0. The van der Waals surface area contributed by atoms with E-state index in [0.29, 0.717) is 6.04 Å². The summed E-state index contributed by atoms with van der Waals surface area (Å²) in [6, 6.07) is 9.78. The molecule has 3 aliphatic heterocycles. The quantitative estimate of drug-likeness (QED) is 0.594. The summed E-state index contributed by atoms with van der Waals surface area (Å²) < 4.78 is 5.50. The molecule has 3 aliphatic rings. The van der Waals surface area contributed by atoms with Gasteiger partial charge in [-0.3, -0.25) is 14.8 Å². The predicted molar refractivity (Wildman–Crippen MR) is 123 cm³/mol. The van der Waals surface area contributed by atoms with Crippen molar-refractivity contribution in [2.45, 2.75) is 51.2 Å². The number of guanidine groups is 1. The first kappa shape index (κ1) is 21.6. The van der Waals surface area contributed by atoms with E-state index < -0.39 is 0 Å². The summed E-state index contributed by atoms with van der Waals surface area (Å²) in [4.78, 5) is 12.2. The standard InChI is InChI=1S/C24H39N5O/c1-25-24(29-13-10-23(20-29)28-14-16-30-17-15-28)26-18-21-6-8-22(9-7-21)19-27-11-4-2-3-5-12-27/h6-9,23H,2-5,10-20H2,1H3,(H,25,26). The molecule has 4 rings (SSSR count). The van der Waals surface area contributed by atoms with Crippen LogP contribution in [0.25, 0.3) is 0 Å². The largest absolute Gasteiger partial charge is 0.379 e. The smallest absolute Gasteiger partial charge is 0.193 e. The van der Waals surface area contributed by atoms with Crippen LogP contribution in [0.2, 0.25) is 0 Å². The third-order valence-electron chi connectivity index (χ3n) is 6.82. The molecule has 1 aromatic carbocycles. The Morgan fingerprint density at radius 3 is 2.37 bits per heavy atom. The van der Waals surface area contributed by atoms with Gasteiger partial charge in [0.15, 0.2) is 5.96 Å². The minimum atomic E-state index is 0.630. The van der Waals surface area contributed by atoms with E-state index in [-0.39, 0.29) is 0 Å². The number of hydrogen-bond donors (Lipinski definition) is 1. The van der Waals surface area contributed by atoms with Crippen molar-refractivity contribution in [1.29, 1.82) is 0 Å². The molecule has 0 spiro atoms. The lowest BCUT2D eigenvalue weighted by Gasteiger charge is -2.32. The van der Waals surface area contributed by atoms with Crippen molar-refractivity contribution in [1.82, 2.24) is 20.0 Å². The zero-order chi connectivity index (χ0) is 20.6. The first-order chi connectivity index (χ1) is 14.8. The van der Waals surface area contributed by atoms with Gasteiger partial charge in [0.1, 0.15) is 0 Å². The van der Waals surface area contributed by atoms with Gasteiger partial charge in [0.25, 0.3) is 0 Å². The maximum Gasteiger partial charge on any atom is 0.193 e. The van der Waals surface area contributed by atoms with Gasteiger partial charge in [0, 0.05) is 52.4 Å². The molecule has 6 heteroatoms. The van der Waals surface area contributed by atoms with Crippen LogP contribution in [0.4, 0.5) is 0 Å². The normalized spacial score (nSPS) is 24.8. The second-order valence-electron chi connectivity index (χ2n) is 8.94. The van der Waals surface area contributed by atoms with Crippen molar-refractivity contribution in [2.24, 2.45) is 4.99 Å². The Balaban J connectivity index is 1.24. The van der Waals surface area contributed by atoms with Crippen molar-refractivity contribution in [3.8, 4) is 0 Å². The lowest BCUT2D eigenvalue weighted by Crippen LogP contribution is -2.46. The van der Waals surface area contributed by atoms with E-state index in [1.54, 1.807) is 0 Å². The molecule has 6 nitrogen and oxygen atoms in total. The van der Waals surface area contributed by atoms with E-state index in [9.17, 15) is 0 Å². The van der Waals surface area contributed by atoms with Crippen LogP contribution < -0.4 is 5.32 Å². The molecule has 0 radical (unpaired) electrons. The monoisotopic (exact) mass is 413 g/mol. The van der Waals surface area contributed by atoms with Crippen molar-refractivity contribution in [3.63, 3.8) is 0 Å². The van der Waals surface area contributed by atoms with Crippen LogP contribution in [0.5, 0.6) is 0 Å². The van der Waals surface area contributed by atoms with Crippen molar-refractivity contribution < 1.29 is 4.74 Å². The van der Waals surface area contributed by atoms with Crippen molar-refractivity contribution in [3.05, 3.63) is 35.4 Å². The fraction of sp³-hybridized carbons (Fsp3) is 0.708. The average molecular weight is 414 g/mol. The second-order valence-corrected chi connectivity index (χ2v) is 8.94. The topological polar surface area (TPSA) is 43.3 Å². The van der Waals surface area contributed by atoms with Gasteiger partial charge in [0.05, 0.1) is 13.2 Å². The third kappa shape index (κ3) is 5.96. The number of benzene rings is 1. The van der Waals surface area contributed by atoms with Crippen molar-refractivity contribution >= 4 is 5.96 Å². The van der Waals surface area contributed by atoms with Gasteiger partial charge < -0.3 is 15.0 Å². The fourth-order valence-corrected chi connectivity index (χ4v) is 5.00. The summed E-state index contributed by atoms with van der Waals surface area (Å²) in [5.74, 6) is 1.03. The van der Waals surface area contributed by atoms with Crippen molar-refractivity contribution in [2.75, 3.05) is 59.5 Å². The van der Waals surface area contributed by atoms with Crippen LogP contribution in [0, 0.1) is 0 Å². The number of ether oxygens (including phenoxy) is 1. The molecule has 30 heavy (non-hydrogen) atoms. The van der Waals surface area contributed by atoms with Crippen LogP contribution in [-0.2, 0) is 17.8 Å². The van der Waals surface area contributed by atoms with Gasteiger partial charge in [-0.1, -0.05) is 37.1 Å². The molecule has 0 bridgehead atoms. The first-order valence-corrected chi connectivity index (χ1v) is 11.9. The average Bonchev–Trinajstić information content (AvgIpc) is 3.14. The lowest BCUT2D eigenvalue weighted by atomic mass is 10.1. The highest BCUT2D eigenvalue weighted by Crippen LogP contribution is 2.17. The fourth-order valence-electron chi connectivity index (χ4n) is 5.00. The minimum absolute atomic E-state index is 0.630. The molecule has 3 fully saturated rings. The SMILES string of the molecule is CN=C(NCc1ccc(CN2CCCCCC2)cc1)N1CCC(N2CCOCC2)C1. The summed E-state index contributed by atoms with van der Waals surface area (Å²) in [5.41, 5.74) is 2.75. The van der Waals surface area contributed by atoms with Crippen LogP contribution in [-0.4, -0.2) is 86.2 Å². The maximum absolute atomic E-state index is 5.50. The molecular formula is C24H39N5O. The maximum atomic E-state index is 5.50. The van der Waals surface area contributed by atoms with Gasteiger partial charge in [-0.25, -0.2) is 0 Å². The molecule has 0 aromatic heterocycles. The highest BCUT2D eigenvalue weighted by atomic mass is 16.5. The molecule has 0 amide bonds. The number of aliphatic imine (C=N–C) groups is 1. The molecule has 0 saturated carbocycles. The molecular weight excluding hydrogens is 374 g/mol. The highest BCUT2D eigenvalue weighted by molar-refractivity contribution is 5.80. The number of likely N-dealkylation sites (tertiary alicyclic amines) is 2. The van der Waals surface area contributed by atoms with Crippen LogP contribution in [0.1, 0.15) is 43.2 Å². The van der Waals surface area contributed by atoms with Crippen LogP contribution in [0.3, 0.4) is 0 Å². The van der Waals surface area contributed by atoms with E-state index >= 15 is 0 Å². The summed E-state index contributed by atoms with van der Waals surface area (Å²) in [6.45, 7) is 10.4. The van der Waals surface area contributed by atoms with E-state index in [2.05, 4.69) is 49.3 Å². The van der Waals surface area contributed by atoms with Gasteiger partial charge in [0.2, 0.25) is 0 Å². The Labute approximate surface area is 182 Å². The Hall–Kier alpha value is -1.63. The Morgan fingerprint density at radius 1 is 0.967 bits per heavy atom. The van der Waals surface area contributed by atoms with Crippen LogP contribution in [0.15, 0.2) is 29.3 Å². The molecule has 166 valence electrons. The zero-order valence-corrected chi connectivity index (χ0v) is 18.7. The Morgan fingerprint density at radius 2 is 1.67 bits per heavy atom. The molecule has 1 unspecified atom stereocenters. The molecule has 1 N–H and O–H groups in total. The molecule has 3 heterocycles. The van der Waals surface area contributed by atoms with E-state index in [4.69, 9.17) is 4.74 Å². The van der Waals surface area contributed by atoms with Gasteiger partial charge in [-0.15, -0.1) is 0 Å². The van der Waals surface area contributed by atoms with E-state index in [1.807, 2.05) is 7.05 Å². The van der Waals surface area contributed by atoms with Gasteiger partial charge >= 0.3 is 0 Å². The molecule has 0 aliphatic carbocycles. The number of nitrogens with zero attached hydrogens (tertiary/aromatic N) is 4. The Bertz CT molecular complexity index is 663. The first-order valence-electron chi connectivity index (χ1n) is 11.9. The van der Waals surface area contributed by atoms with Crippen LogP contribution >= 0.6 is 0 Å². The van der Waals surface area contributed by atoms with E-state index in [1.165, 1.54) is 56.3 Å².